The summed E-state index contributed by atoms with van der Waals surface area (Å²) in [6.45, 7) is 11.0. The quantitative estimate of drug-likeness (QED) is 0.208. The number of ether oxygens (including phenoxy) is 1. The van der Waals surface area contributed by atoms with E-state index in [4.69, 9.17) is 4.74 Å². The molecule has 8 nitrogen and oxygen atoms in total. The number of carbonyl (C=O) groups excluding carboxylic acids is 2. The Labute approximate surface area is 288 Å². The monoisotopic (exact) mass is 665 g/mol. The van der Waals surface area contributed by atoms with Gasteiger partial charge in [0, 0.05) is 72.7 Å². The summed E-state index contributed by atoms with van der Waals surface area (Å²) in [6.07, 6.45) is 1.20. The van der Waals surface area contributed by atoms with Gasteiger partial charge in [0.2, 0.25) is 11.8 Å². The van der Waals surface area contributed by atoms with Crippen LogP contribution in [0.1, 0.15) is 55.8 Å². The number of benzene rings is 3. The molecule has 0 bridgehead atoms. The molecule has 2 aliphatic heterocycles. The molecule has 9 heteroatoms. The molecular weight excluding hydrogens is 617 g/mol. The van der Waals surface area contributed by atoms with Crippen LogP contribution in [0.4, 0.5) is 15.8 Å². The first-order chi connectivity index (χ1) is 23.6. The number of para-hydroxylation sites is 1. The lowest BCUT2D eigenvalue weighted by Gasteiger charge is -2.47. The van der Waals surface area contributed by atoms with Crippen molar-refractivity contribution in [1.82, 2.24) is 14.8 Å². The molecule has 4 aromatic rings. The molecule has 49 heavy (non-hydrogen) atoms. The molecule has 1 aromatic heterocycles. The number of nitrogens with one attached hydrogen (secondary N) is 2. The Balaban J connectivity index is 1.19. The van der Waals surface area contributed by atoms with Gasteiger partial charge in [0.25, 0.3) is 0 Å². The van der Waals surface area contributed by atoms with E-state index in [0.29, 0.717) is 50.4 Å². The van der Waals surface area contributed by atoms with E-state index < -0.39 is 5.54 Å². The van der Waals surface area contributed by atoms with Gasteiger partial charge in [-0.25, -0.2) is 4.39 Å². The van der Waals surface area contributed by atoms with Crippen molar-refractivity contribution in [2.24, 2.45) is 11.3 Å². The Morgan fingerprint density at radius 1 is 0.959 bits per heavy atom. The number of hydrogen-bond acceptors (Lipinski definition) is 5. The van der Waals surface area contributed by atoms with Crippen molar-refractivity contribution in [3.8, 4) is 0 Å². The van der Waals surface area contributed by atoms with Gasteiger partial charge in [-0.15, -0.1) is 0 Å². The Kier molecular flexibility index (Phi) is 9.00. The van der Waals surface area contributed by atoms with E-state index in [1.165, 1.54) is 17.0 Å². The summed E-state index contributed by atoms with van der Waals surface area (Å²) in [4.78, 5) is 39.2. The fraction of sp³-hybridized carbons (Fsp3) is 0.450. The van der Waals surface area contributed by atoms with Crippen molar-refractivity contribution in [3.05, 3.63) is 95.4 Å². The lowest BCUT2D eigenvalue weighted by atomic mass is 9.83. The molecule has 2 saturated heterocycles. The van der Waals surface area contributed by atoms with Crippen LogP contribution >= 0.6 is 0 Å². The van der Waals surface area contributed by atoms with Crippen molar-refractivity contribution in [1.29, 1.82) is 0 Å². The van der Waals surface area contributed by atoms with Gasteiger partial charge in [0.15, 0.2) is 0 Å². The first-order valence-electron chi connectivity index (χ1n) is 17.6. The third kappa shape index (κ3) is 6.34. The van der Waals surface area contributed by atoms with E-state index in [1.807, 2.05) is 37.4 Å². The molecule has 2 amide bonds. The lowest BCUT2D eigenvalue weighted by Crippen LogP contribution is -2.63. The predicted octanol–water partition coefficient (Wildman–Crippen LogP) is 6.71. The van der Waals surface area contributed by atoms with E-state index >= 15 is 4.39 Å². The maximum atomic E-state index is 15.3. The van der Waals surface area contributed by atoms with Crippen LogP contribution in [0, 0.1) is 24.1 Å². The van der Waals surface area contributed by atoms with Gasteiger partial charge < -0.3 is 29.7 Å². The maximum absolute atomic E-state index is 15.3. The number of nitrogens with zero attached hydrogens (tertiary/aromatic N) is 3. The summed E-state index contributed by atoms with van der Waals surface area (Å²) in [7, 11) is 2.04. The normalized spacial score (nSPS) is 21.8. The van der Waals surface area contributed by atoms with Gasteiger partial charge in [0.1, 0.15) is 11.4 Å². The van der Waals surface area contributed by atoms with Crippen LogP contribution in [0.25, 0.3) is 10.9 Å². The molecule has 3 aliphatic rings. The fourth-order valence-corrected chi connectivity index (χ4v) is 8.40. The number of aromatic nitrogens is 1. The summed E-state index contributed by atoms with van der Waals surface area (Å²) in [5.41, 5.74) is 4.42. The van der Waals surface area contributed by atoms with Crippen molar-refractivity contribution >= 4 is 34.1 Å². The molecule has 7 rings (SSSR count). The topological polar surface area (TPSA) is 80.9 Å². The van der Waals surface area contributed by atoms with Crippen LogP contribution in [-0.2, 0) is 20.9 Å². The number of amides is 2. The average Bonchev–Trinajstić information content (AvgIpc) is 3.45. The van der Waals surface area contributed by atoms with Gasteiger partial charge in [0.05, 0.1) is 13.2 Å². The first kappa shape index (κ1) is 33.3. The molecule has 1 saturated carbocycles. The SMILES string of the molecule is Cc1[nH]c2ccccc2c1C1C(CC(=O)N(Cc2ccccc2F)C2(C(=O)Nc3ccc(N4CCOCC4)cc3)CCN(C)CC2)C1(C)C. The third-order valence-corrected chi connectivity index (χ3v) is 11.5. The average molecular weight is 666 g/mol. The van der Waals surface area contributed by atoms with Gasteiger partial charge in [-0.2, -0.15) is 0 Å². The van der Waals surface area contributed by atoms with E-state index in [9.17, 15) is 9.59 Å². The number of aryl methyl sites for hydroxylation is 1. The number of anilines is 2. The Morgan fingerprint density at radius 2 is 1.63 bits per heavy atom. The van der Waals surface area contributed by atoms with Gasteiger partial charge in [-0.3, -0.25) is 9.59 Å². The summed E-state index contributed by atoms with van der Waals surface area (Å²) in [5, 5.41) is 4.38. The highest BCUT2D eigenvalue weighted by Gasteiger charge is 2.60. The second-order valence-electron chi connectivity index (χ2n) is 14.8. The number of hydrogen-bond donors (Lipinski definition) is 2. The van der Waals surface area contributed by atoms with E-state index in [-0.39, 0.29) is 47.8 Å². The zero-order valence-electron chi connectivity index (χ0n) is 29.1. The summed E-state index contributed by atoms with van der Waals surface area (Å²) >= 11 is 0. The number of piperidine rings is 1. The van der Waals surface area contributed by atoms with Crippen molar-refractivity contribution < 1.29 is 18.7 Å². The first-order valence-corrected chi connectivity index (χ1v) is 17.6. The highest BCUT2D eigenvalue weighted by Crippen LogP contribution is 2.67. The molecule has 2 atom stereocenters. The number of H-pyrrole nitrogens is 1. The zero-order valence-corrected chi connectivity index (χ0v) is 29.1. The molecule has 3 aromatic carbocycles. The lowest BCUT2D eigenvalue weighted by molar-refractivity contribution is -0.150. The van der Waals surface area contributed by atoms with Crippen LogP contribution < -0.4 is 10.2 Å². The maximum Gasteiger partial charge on any atom is 0.250 e. The van der Waals surface area contributed by atoms with Crippen LogP contribution in [-0.4, -0.2) is 78.6 Å². The van der Waals surface area contributed by atoms with E-state index in [1.54, 1.807) is 23.1 Å². The van der Waals surface area contributed by atoms with Gasteiger partial charge >= 0.3 is 0 Å². The minimum atomic E-state index is -1.14. The van der Waals surface area contributed by atoms with Crippen LogP contribution in [0.15, 0.2) is 72.8 Å². The zero-order chi connectivity index (χ0) is 34.3. The number of halogens is 1. The minimum Gasteiger partial charge on any atom is -0.378 e. The smallest absolute Gasteiger partial charge is 0.250 e. The number of rotatable bonds is 9. The number of likely N-dealkylation sites (tertiary alicyclic amines) is 1. The molecule has 0 spiro atoms. The fourth-order valence-electron chi connectivity index (χ4n) is 8.40. The number of carbonyl (C=O) groups is 2. The van der Waals surface area contributed by atoms with Crippen molar-refractivity contribution in [2.45, 2.75) is 58.0 Å². The largest absolute Gasteiger partial charge is 0.378 e. The Morgan fingerprint density at radius 3 is 2.35 bits per heavy atom. The molecular formula is C40H48FN5O3. The third-order valence-electron chi connectivity index (χ3n) is 11.5. The minimum absolute atomic E-state index is 0.0303. The molecule has 2 unspecified atom stereocenters. The molecule has 2 N–H and O–H groups in total. The van der Waals surface area contributed by atoms with Crippen molar-refractivity contribution in [2.75, 3.05) is 56.7 Å². The molecule has 3 heterocycles. The molecule has 1 aliphatic carbocycles. The molecule has 258 valence electrons. The van der Waals surface area contributed by atoms with Gasteiger partial charge in [-0.1, -0.05) is 50.2 Å². The van der Waals surface area contributed by atoms with Crippen LogP contribution in [0.2, 0.25) is 0 Å². The van der Waals surface area contributed by atoms with Crippen LogP contribution in [0.5, 0.6) is 0 Å². The Bertz CT molecular complexity index is 1820. The number of fused-ring (bicyclic) bond motifs is 1. The summed E-state index contributed by atoms with van der Waals surface area (Å²) < 4.78 is 20.8. The summed E-state index contributed by atoms with van der Waals surface area (Å²) in [5.74, 6) is -0.427. The Hall–Kier alpha value is -4.21. The van der Waals surface area contributed by atoms with Crippen LogP contribution in [0.3, 0.4) is 0 Å². The second-order valence-corrected chi connectivity index (χ2v) is 14.8. The van der Waals surface area contributed by atoms with Gasteiger partial charge in [-0.05, 0) is 86.0 Å². The standard InChI is InChI=1S/C40H48FN5O3/c1-27-36(31-10-6-8-12-34(31)42-27)37-32(39(37,2)3)25-35(47)46(26-28-9-5-7-11-33(28)41)40(17-19-44(4)20-18-40)38(48)43-29-13-15-30(16-14-29)45-21-23-49-24-22-45/h5-16,32,37,42H,17-26H2,1-4H3,(H,43,48). The second kappa shape index (κ2) is 13.2. The highest BCUT2D eigenvalue weighted by molar-refractivity contribution is 6.01. The number of aromatic amines is 1. The van der Waals surface area contributed by atoms with E-state index in [2.05, 4.69) is 59.1 Å². The molecule has 3 fully saturated rings. The molecule has 0 radical (unpaired) electrons. The predicted molar refractivity (Wildman–Crippen MR) is 192 cm³/mol. The van der Waals surface area contributed by atoms with E-state index in [0.717, 1.165) is 30.0 Å². The number of morpholine rings is 1. The highest BCUT2D eigenvalue weighted by atomic mass is 19.1. The summed E-state index contributed by atoms with van der Waals surface area (Å²) in [6, 6.07) is 22.8. The van der Waals surface area contributed by atoms with Crippen molar-refractivity contribution in [3.63, 3.8) is 0 Å².